The molecule has 1 aliphatic heterocycles. The van der Waals surface area contributed by atoms with Crippen LogP contribution in [0.15, 0.2) is 47.8 Å². The SMILES string of the molecule is CCc1cccc(-c2nc(-c3ccc4c(c3)C(=Cc3[nH]c(C)c(C(=O)NCCN(CC)CC)c3C)C(=O)N4)cs2)c1. The average molecular weight is 568 g/mol. The Kier molecular flexibility index (Phi) is 8.52. The quantitative estimate of drug-likeness (QED) is 0.190. The first-order valence-corrected chi connectivity index (χ1v) is 15.1. The molecule has 4 aromatic rings. The van der Waals surface area contributed by atoms with Crippen molar-refractivity contribution in [1.29, 1.82) is 0 Å². The number of aryl methyl sites for hydroxylation is 2. The molecule has 0 atom stereocenters. The largest absolute Gasteiger partial charge is 0.358 e. The number of rotatable bonds is 10. The number of amides is 2. The van der Waals surface area contributed by atoms with Crippen molar-refractivity contribution in [3.05, 3.63) is 81.5 Å². The molecular weight excluding hydrogens is 530 g/mol. The number of carbonyl (C=O) groups is 2. The van der Waals surface area contributed by atoms with Crippen LogP contribution in [0.4, 0.5) is 5.69 Å². The van der Waals surface area contributed by atoms with Crippen molar-refractivity contribution >= 4 is 40.5 Å². The maximum absolute atomic E-state index is 13.0. The van der Waals surface area contributed by atoms with Gasteiger partial charge >= 0.3 is 0 Å². The number of hydrogen-bond donors (Lipinski definition) is 3. The van der Waals surface area contributed by atoms with Crippen LogP contribution in [0.5, 0.6) is 0 Å². The van der Waals surface area contributed by atoms with Crippen LogP contribution in [-0.2, 0) is 11.2 Å². The number of anilines is 1. The van der Waals surface area contributed by atoms with Crippen LogP contribution in [0, 0.1) is 13.8 Å². The predicted molar refractivity (Wildman–Crippen MR) is 169 cm³/mol. The molecule has 1 aliphatic rings. The Bertz CT molecular complexity index is 1630. The number of aromatic nitrogens is 2. The van der Waals surface area contributed by atoms with Crippen molar-refractivity contribution in [3.8, 4) is 21.8 Å². The Morgan fingerprint density at radius 2 is 1.88 bits per heavy atom. The van der Waals surface area contributed by atoms with Crippen molar-refractivity contribution in [2.45, 2.75) is 41.0 Å². The summed E-state index contributed by atoms with van der Waals surface area (Å²) in [4.78, 5) is 36.6. The third-order valence-electron chi connectivity index (χ3n) is 7.78. The van der Waals surface area contributed by atoms with Crippen molar-refractivity contribution in [3.63, 3.8) is 0 Å². The van der Waals surface area contributed by atoms with Crippen LogP contribution >= 0.6 is 11.3 Å². The maximum Gasteiger partial charge on any atom is 0.256 e. The standard InChI is InChI=1S/C33H37N5O2S/c1-6-22-10-9-11-24(16-22)33-37-29(19-41-33)23-12-13-27-25(17-23)26(31(39)36-27)18-28-20(4)30(21(5)35-28)32(40)34-14-15-38(7-2)8-3/h9-13,16-19,35H,6-8,14-15H2,1-5H3,(H,34,40)(H,36,39). The van der Waals surface area contributed by atoms with Crippen molar-refractivity contribution in [2.75, 3.05) is 31.5 Å². The van der Waals surface area contributed by atoms with Gasteiger partial charge in [0.05, 0.1) is 16.8 Å². The van der Waals surface area contributed by atoms with Gasteiger partial charge in [-0.25, -0.2) is 4.98 Å². The molecule has 0 spiro atoms. The Hall–Kier alpha value is -4.01. The zero-order valence-electron chi connectivity index (χ0n) is 24.4. The number of nitrogens with zero attached hydrogens (tertiary/aromatic N) is 2. The van der Waals surface area contributed by atoms with E-state index < -0.39 is 0 Å². The summed E-state index contributed by atoms with van der Waals surface area (Å²) in [7, 11) is 0. The van der Waals surface area contributed by atoms with E-state index in [9.17, 15) is 9.59 Å². The molecule has 2 amide bonds. The number of hydrogen-bond acceptors (Lipinski definition) is 5. The molecule has 2 aromatic heterocycles. The number of benzene rings is 2. The first-order valence-electron chi connectivity index (χ1n) is 14.2. The number of fused-ring (bicyclic) bond motifs is 1. The molecule has 3 N–H and O–H groups in total. The summed E-state index contributed by atoms with van der Waals surface area (Å²) in [6.45, 7) is 13.5. The van der Waals surface area contributed by atoms with Crippen molar-refractivity contribution in [1.82, 2.24) is 20.2 Å². The van der Waals surface area contributed by atoms with E-state index in [4.69, 9.17) is 4.98 Å². The van der Waals surface area contributed by atoms with E-state index in [0.29, 0.717) is 17.7 Å². The van der Waals surface area contributed by atoms with Crippen LogP contribution in [0.3, 0.4) is 0 Å². The minimum atomic E-state index is -0.163. The summed E-state index contributed by atoms with van der Waals surface area (Å²) in [5.41, 5.74) is 9.38. The van der Waals surface area contributed by atoms with Gasteiger partial charge in [-0.2, -0.15) is 0 Å². The Labute approximate surface area is 245 Å². The molecule has 7 nitrogen and oxygen atoms in total. The van der Waals surface area contributed by atoms with Gasteiger partial charge in [-0.1, -0.05) is 45.0 Å². The lowest BCUT2D eigenvalue weighted by Crippen LogP contribution is -2.35. The van der Waals surface area contributed by atoms with Gasteiger partial charge in [0.1, 0.15) is 5.01 Å². The predicted octanol–water partition coefficient (Wildman–Crippen LogP) is 6.55. The topological polar surface area (TPSA) is 90.1 Å². The monoisotopic (exact) mass is 567 g/mol. The minimum absolute atomic E-state index is 0.101. The zero-order chi connectivity index (χ0) is 29.1. The lowest BCUT2D eigenvalue weighted by Gasteiger charge is -2.18. The molecule has 0 saturated heterocycles. The summed E-state index contributed by atoms with van der Waals surface area (Å²) in [5.74, 6) is -0.264. The molecule has 0 unspecified atom stereocenters. The lowest BCUT2D eigenvalue weighted by molar-refractivity contribution is -0.110. The van der Waals surface area contributed by atoms with E-state index in [1.54, 1.807) is 11.3 Å². The molecule has 8 heteroatoms. The molecule has 0 radical (unpaired) electrons. The van der Waals surface area contributed by atoms with Crippen molar-refractivity contribution in [2.24, 2.45) is 0 Å². The van der Waals surface area contributed by atoms with Crippen LogP contribution in [-0.4, -0.2) is 52.9 Å². The molecular formula is C33H37N5O2S. The van der Waals surface area contributed by atoms with Gasteiger partial charge in [0.25, 0.3) is 11.8 Å². The molecule has 41 heavy (non-hydrogen) atoms. The normalized spacial score (nSPS) is 13.6. The molecule has 212 valence electrons. The third kappa shape index (κ3) is 5.89. The Morgan fingerprint density at radius 3 is 2.63 bits per heavy atom. The second kappa shape index (κ2) is 12.2. The second-order valence-electron chi connectivity index (χ2n) is 10.3. The molecule has 2 aromatic carbocycles. The van der Waals surface area contributed by atoms with Gasteiger partial charge in [0, 0.05) is 52.2 Å². The van der Waals surface area contributed by atoms with E-state index >= 15 is 0 Å². The number of likely N-dealkylation sites (N-methyl/N-ethyl adjacent to an activating group) is 1. The van der Waals surface area contributed by atoms with E-state index in [0.717, 1.165) is 76.1 Å². The van der Waals surface area contributed by atoms with Gasteiger partial charge in [-0.15, -0.1) is 11.3 Å². The van der Waals surface area contributed by atoms with Gasteiger partial charge in [-0.3, -0.25) is 9.59 Å². The van der Waals surface area contributed by atoms with Gasteiger partial charge in [-0.05, 0) is 68.8 Å². The highest BCUT2D eigenvalue weighted by molar-refractivity contribution is 7.13. The smallest absolute Gasteiger partial charge is 0.256 e. The first kappa shape index (κ1) is 28.5. The summed E-state index contributed by atoms with van der Waals surface area (Å²) >= 11 is 1.62. The van der Waals surface area contributed by atoms with Crippen molar-refractivity contribution < 1.29 is 9.59 Å². The number of aromatic amines is 1. The van der Waals surface area contributed by atoms with Crippen LogP contribution in [0.1, 0.15) is 59.2 Å². The maximum atomic E-state index is 13.0. The average Bonchev–Trinajstić information content (AvgIpc) is 3.67. The summed E-state index contributed by atoms with van der Waals surface area (Å²) in [6.07, 6.45) is 2.83. The number of nitrogens with one attached hydrogen (secondary N) is 3. The van der Waals surface area contributed by atoms with E-state index in [2.05, 4.69) is 70.9 Å². The van der Waals surface area contributed by atoms with Gasteiger partial charge in [0.2, 0.25) is 0 Å². The van der Waals surface area contributed by atoms with Gasteiger partial charge in [0.15, 0.2) is 0 Å². The summed E-state index contributed by atoms with van der Waals surface area (Å²) < 4.78 is 0. The fourth-order valence-electron chi connectivity index (χ4n) is 5.31. The molecule has 0 saturated carbocycles. The molecule has 3 heterocycles. The zero-order valence-corrected chi connectivity index (χ0v) is 25.2. The third-order valence-corrected chi connectivity index (χ3v) is 8.68. The number of thiazole rings is 1. The van der Waals surface area contributed by atoms with Crippen LogP contribution in [0.25, 0.3) is 33.5 Å². The summed E-state index contributed by atoms with van der Waals surface area (Å²) in [5, 5.41) is 9.07. The van der Waals surface area contributed by atoms with Crippen LogP contribution in [0.2, 0.25) is 0 Å². The lowest BCUT2D eigenvalue weighted by atomic mass is 10.0. The van der Waals surface area contributed by atoms with E-state index in [1.807, 2.05) is 38.1 Å². The molecule has 5 rings (SSSR count). The Morgan fingerprint density at radius 1 is 1.07 bits per heavy atom. The highest BCUT2D eigenvalue weighted by Gasteiger charge is 2.26. The number of carbonyl (C=O) groups excluding carboxylic acids is 2. The second-order valence-corrected chi connectivity index (χ2v) is 11.2. The van der Waals surface area contributed by atoms with E-state index in [1.165, 1.54) is 5.56 Å². The molecule has 0 aliphatic carbocycles. The first-order chi connectivity index (χ1) is 19.8. The molecule has 0 bridgehead atoms. The Balaban J connectivity index is 1.41. The molecule has 0 fully saturated rings. The minimum Gasteiger partial charge on any atom is -0.358 e. The fourth-order valence-corrected chi connectivity index (χ4v) is 6.14. The van der Waals surface area contributed by atoms with Crippen LogP contribution < -0.4 is 10.6 Å². The van der Waals surface area contributed by atoms with Gasteiger partial charge < -0.3 is 20.5 Å². The number of H-pyrrole nitrogens is 1. The van der Waals surface area contributed by atoms with E-state index in [-0.39, 0.29) is 11.8 Å². The highest BCUT2D eigenvalue weighted by Crippen LogP contribution is 2.38. The highest BCUT2D eigenvalue weighted by atomic mass is 32.1. The fraction of sp³-hybridized carbons (Fsp3) is 0.303. The summed E-state index contributed by atoms with van der Waals surface area (Å²) in [6, 6.07) is 14.4.